The molecule has 0 spiro atoms. The van der Waals surface area contributed by atoms with E-state index in [9.17, 15) is 13.2 Å². The molecule has 0 aromatic heterocycles. The van der Waals surface area contributed by atoms with E-state index >= 15 is 0 Å². The second-order valence-electron chi connectivity index (χ2n) is 3.54. The van der Waals surface area contributed by atoms with Crippen LogP contribution in [0, 0.1) is 0 Å². The molecule has 3 nitrogen and oxygen atoms in total. The summed E-state index contributed by atoms with van der Waals surface area (Å²) in [6, 6.07) is 7.97. The van der Waals surface area contributed by atoms with Crippen LogP contribution in [0.3, 0.4) is 0 Å². The Hall–Kier alpha value is -1.16. The van der Waals surface area contributed by atoms with E-state index in [0.29, 0.717) is 6.29 Å². The Kier molecular flexibility index (Phi) is 2.76. The molecular weight excluding hydrogens is 200 g/mol. The lowest BCUT2D eigenvalue weighted by molar-refractivity contribution is -0.109. The van der Waals surface area contributed by atoms with Crippen molar-refractivity contribution >= 4 is 16.1 Å². The minimum absolute atomic E-state index is 0.178. The third-order valence-electron chi connectivity index (χ3n) is 2.03. The molecule has 0 unspecified atom stereocenters. The smallest absolute Gasteiger partial charge is 0.190 e. The van der Waals surface area contributed by atoms with Gasteiger partial charge in [0.15, 0.2) is 9.84 Å². The molecule has 0 amide bonds. The van der Waals surface area contributed by atoms with E-state index in [4.69, 9.17) is 0 Å². The highest BCUT2D eigenvalue weighted by Crippen LogP contribution is 2.22. The largest absolute Gasteiger partial charge is 0.302 e. The second kappa shape index (κ2) is 3.53. The fourth-order valence-corrected chi connectivity index (χ4v) is 2.22. The first-order valence-electron chi connectivity index (χ1n) is 4.18. The molecule has 1 aromatic carbocycles. The lowest BCUT2D eigenvalue weighted by Gasteiger charge is -2.17. The van der Waals surface area contributed by atoms with Gasteiger partial charge >= 0.3 is 0 Å². The van der Waals surface area contributed by atoms with Crippen LogP contribution in [0.2, 0.25) is 0 Å². The molecule has 0 N–H and O–H groups in total. The summed E-state index contributed by atoms with van der Waals surface area (Å²) in [4.78, 5) is 10.8. The fourth-order valence-electron chi connectivity index (χ4n) is 0.967. The normalized spacial score (nSPS) is 12.4. The molecule has 0 radical (unpaired) electrons. The number of carbonyl (C=O) groups excluding carboxylic acids is 1. The predicted octanol–water partition coefficient (Wildman–Crippen LogP) is 1.44. The molecule has 0 aliphatic rings. The maximum atomic E-state index is 11.9. The number of hydrogen-bond donors (Lipinski definition) is 0. The zero-order valence-electron chi connectivity index (χ0n) is 8.10. The molecule has 4 heteroatoms. The van der Waals surface area contributed by atoms with E-state index in [1.54, 1.807) is 18.2 Å². The van der Waals surface area contributed by atoms with Crippen LogP contribution in [0.5, 0.6) is 0 Å². The van der Waals surface area contributed by atoms with Gasteiger partial charge in [0.2, 0.25) is 0 Å². The van der Waals surface area contributed by atoms with Gasteiger partial charge in [0.25, 0.3) is 0 Å². The molecule has 0 fully saturated rings. The van der Waals surface area contributed by atoms with Crippen molar-refractivity contribution in [2.45, 2.75) is 23.5 Å². The third kappa shape index (κ3) is 1.70. The van der Waals surface area contributed by atoms with E-state index in [-0.39, 0.29) is 4.90 Å². The molecular formula is C10H12O3S. The fraction of sp³-hybridized carbons (Fsp3) is 0.300. The molecule has 14 heavy (non-hydrogen) atoms. The number of carbonyl (C=O) groups is 1. The average molecular weight is 212 g/mol. The van der Waals surface area contributed by atoms with E-state index in [1.165, 1.54) is 26.0 Å². The summed E-state index contributed by atoms with van der Waals surface area (Å²) in [7, 11) is -3.56. The quantitative estimate of drug-likeness (QED) is 0.712. The van der Waals surface area contributed by atoms with Crippen molar-refractivity contribution in [3.05, 3.63) is 30.3 Å². The van der Waals surface area contributed by atoms with Crippen molar-refractivity contribution in [2.75, 3.05) is 0 Å². The summed E-state index contributed by atoms with van der Waals surface area (Å²) in [5.41, 5.74) is 0. The van der Waals surface area contributed by atoms with Crippen LogP contribution in [0.25, 0.3) is 0 Å². The Morgan fingerprint density at radius 3 is 2.07 bits per heavy atom. The number of aldehydes is 1. The molecule has 0 heterocycles. The maximum absolute atomic E-state index is 11.9. The summed E-state index contributed by atoms with van der Waals surface area (Å²) < 4.78 is 22.3. The first-order chi connectivity index (χ1) is 6.42. The number of hydrogen-bond acceptors (Lipinski definition) is 3. The zero-order chi connectivity index (χ0) is 10.8. The van der Waals surface area contributed by atoms with Gasteiger partial charge in [-0.25, -0.2) is 8.42 Å². The molecule has 0 bridgehead atoms. The monoisotopic (exact) mass is 212 g/mol. The lowest BCUT2D eigenvalue weighted by atomic mass is 10.2. The number of rotatable bonds is 3. The first-order valence-corrected chi connectivity index (χ1v) is 5.66. The van der Waals surface area contributed by atoms with Crippen LogP contribution in [-0.4, -0.2) is 19.5 Å². The summed E-state index contributed by atoms with van der Waals surface area (Å²) in [5.74, 6) is 0. The Bertz CT molecular complexity index is 418. The SMILES string of the molecule is CC(C)(C=O)S(=O)(=O)c1ccccc1. The maximum Gasteiger partial charge on any atom is 0.190 e. The van der Waals surface area contributed by atoms with Crippen molar-refractivity contribution in [2.24, 2.45) is 0 Å². The van der Waals surface area contributed by atoms with Crippen LogP contribution < -0.4 is 0 Å². The van der Waals surface area contributed by atoms with Gasteiger partial charge in [-0.05, 0) is 26.0 Å². The summed E-state index contributed by atoms with van der Waals surface area (Å²) in [6.45, 7) is 2.78. The number of benzene rings is 1. The van der Waals surface area contributed by atoms with Crippen molar-refractivity contribution in [3.63, 3.8) is 0 Å². The Balaban J connectivity index is 3.30. The van der Waals surface area contributed by atoms with Gasteiger partial charge in [0.1, 0.15) is 11.0 Å². The Labute approximate surface area is 83.7 Å². The molecule has 0 aliphatic carbocycles. The average Bonchev–Trinajstić information content (AvgIpc) is 2.19. The van der Waals surface area contributed by atoms with Gasteiger partial charge in [0, 0.05) is 0 Å². The Morgan fingerprint density at radius 1 is 1.14 bits per heavy atom. The topological polar surface area (TPSA) is 51.2 Å². The number of sulfone groups is 1. The second-order valence-corrected chi connectivity index (χ2v) is 6.07. The first kappa shape index (κ1) is 10.9. The van der Waals surface area contributed by atoms with Gasteiger partial charge < -0.3 is 4.79 Å². The minimum Gasteiger partial charge on any atom is -0.302 e. The minimum atomic E-state index is -3.56. The molecule has 0 atom stereocenters. The molecule has 0 saturated carbocycles. The molecule has 76 valence electrons. The van der Waals surface area contributed by atoms with Gasteiger partial charge in [0.05, 0.1) is 4.90 Å². The van der Waals surface area contributed by atoms with Gasteiger partial charge in [-0.1, -0.05) is 18.2 Å². The highest BCUT2D eigenvalue weighted by atomic mass is 32.2. The molecule has 1 rings (SSSR count). The highest BCUT2D eigenvalue weighted by Gasteiger charge is 2.35. The highest BCUT2D eigenvalue weighted by molar-refractivity contribution is 7.93. The molecule has 0 saturated heterocycles. The van der Waals surface area contributed by atoms with E-state index in [1.807, 2.05) is 0 Å². The van der Waals surface area contributed by atoms with Gasteiger partial charge in [-0.3, -0.25) is 0 Å². The zero-order valence-corrected chi connectivity index (χ0v) is 8.91. The summed E-state index contributed by atoms with van der Waals surface area (Å²) >= 11 is 0. The van der Waals surface area contributed by atoms with Gasteiger partial charge in [-0.15, -0.1) is 0 Å². The standard InChI is InChI=1S/C10H12O3S/c1-10(2,8-11)14(12,13)9-6-4-3-5-7-9/h3-8H,1-2H3. The van der Waals surface area contributed by atoms with Crippen LogP contribution in [0.4, 0.5) is 0 Å². The molecule has 0 aliphatic heterocycles. The van der Waals surface area contributed by atoms with Crippen molar-refractivity contribution in [1.82, 2.24) is 0 Å². The Morgan fingerprint density at radius 2 is 1.64 bits per heavy atom. The van der Waals surface area contributed by atoms with Crippen LogP contribution in [-0.2, 0) is 14.6 Å². The summed E-state index contributed by atoms with van der Waals surface area (Å²) in [5, 5.41) is 0. The van der Waals surface area contributed by atoms with E-state index < -0.39 is 14.6 Å². The van der Waals surface area contributed by atoms with E-state index in [0.717, 1.165) is 0 Å². The van der Waals surface area contributed by atoms with Crippen LogP contribution in [0.1, 0.15) is 13.8 Å². The lowest BCUT2D eigenvalue weighted by Crippen LogP contribution is -2.33. The van der Waals surface area contributed by atoms with Gasteiger partial charge in [-0.2, -0.15) is 0 Å². The van der Waals surface area contributed by atoms with E-state index in [2.05, 4.69) is 0 Å². The third-order valence-corrected chi connectivity index (χ3v) is 4.40. The molecule has 1 aromatic rings. The van der Waals surface area contributed by atoms with Crippen molar-refractivity contribution in [1.29, 1.82) is 0 Å². The van der Waals surface area contributed by atoms with Crippen LogP contribution in [0.15, 0.2) is 35.2 Å². The van der Waals surface area contributed by atoms with Crippen molar-refractivity contribution < 1.29 is 13.2 Å². The van der Waals surface area contributed by atoms with Crippen LogP contribution >= 0.6 is 0 Å². The van der Waals surface area contributed by atoms with Crippen molar-refractivity contribution in [3.8, 4) is 0 Å². The predicted molar refractivity (Wildman–Crippen MR) is 53.8 cm³/mol. The summed E-state index contributed by atoms with van der Waals surface area (Å²) in [6.07, 6.45) is 0.454.